The molecule has 8 heteroatoms. The number of aryl methyl sites for hydroxylation is 1. The molecule has 1 saturated heterocycles. The van der Waals surface area contributed by atoms with Crippen LogP contribution in [0.5, 0.6) is 0 Å². The van der Waals surface area contributed by atoms with Crippen LogP contribution in [0, 0.1) is 6.92 Å². The van der Waals surface area contributed by atoms with Gasteiger partial charge in [-0.1, -0.05) is 20.8 Å². The van der Waals surface area contributed by atoms with Crippen molar-refractivity contribution in [3.63, 3.8) is 0 Å². The van der Waals surface area contributed by atoms with E-state index in [0.717, 1.165) is 0 Å². The second-order valence-electron chi connectivity index (χ2n) is 8.25. The lowest BCUT2D eigenvalue weighted by atomic mass is 10.1. The molecule has 0 aliphatic carbocycles. The van der Waals surface area contributed by atoms with Gasteiger partial charge in [0.1, 0.15) is 12.3 Å². The Kier molecular flexibility index (Phi) is 5.28. The van der Waals surface area contributed by atoms with Crippen molar-refractivity contribution >= 4 is 14.1 Å². The number of ether oxygens (including phenoxy) is 1. The van der Waals surface area contributed by atoms with Gasteiger partial charge in [0.25, 0.3) is 5.56 Å². The molecular formula is C17H28N2O5Si. The normalized spacial score (nSPS) is 24.5. The van der Waals surface area contributed by atoms with E-state index in [0.29, 0.717) is 12.0 Å². The third kappa shape index (κ3) is 4.01. The molecule has 0 radical (unpaired) electrons. The SMILES string of the molecule is CC(=O)C1O[C@@H](n2cc(C)c(=O)[nH]c2=O)CC1O[Si](C)(C)C(C)(C)C. The summed E-state index contributed by atoms with van der Waals surface area (Å²) in [6.45, 7) is 13.7. The zero-order chi connectivity index (χ0) is 19.2. The number of aromatic nitrogens is 2. The number of rotatable bonds is 4. The van der Waals surface area contributed by atoms with Crippen LogP contribution in [-0.2, 0) is 14.0 Å². The highest BCUT2D eigenvalue weighted by atomic mass is 28.4. The van der Waals surface area contributed by atoms with Crippen LogP contribution in [0.4, 0.5) is 0 Å². The first-order valence-electron chi connectivity index (χ1n) is 8.49. The third-order valence-electron chi connectivity index (χ3n) is 5.18. The molecule has 3 atom stereocenters. The van der Waals surface area contributed by atoms with Gasteiger partial charge in [0, 0.05) is 18.2 Å². The smallest absolute Gasteiger partial charge is 0.330 e. The summed E-state index contributed by atoms with van der Waals surface area (Å²) in [6.07, 6.45) is 0.118. The molecule has 7 nitrogen and oxygen atoms in total. The van der Waals surface area contributed by atoms with Gasteiger partial charge in [-0.15, -0.1) is 0 Å². The first-order chi connectivity index (χ1) is 11.3. The van der Waals surface area contributed by atoms with Crippen LogP contribution in [0.2, 0.25) is 18.1 Å². The Bertz CT molecular complexity index is 774. The van der Waals surface area contributed by atoms with Crippen molar-refractivity contribution in [2.75, 3.05) is 0 Å². The Morgan fingerprint density at radius 2 is 1.96 bits per heavy atom. The molecule has 2 rings (SSSR count). The first-order valence-corrected chi connectivity index (χ1v) is 11.4. The van der Waals surface area contributed by atoms with E-state index >= 15 is 0 Å². The average molecular weight is 369 g/mol. The fourth-order valence-electron chi connectivity index (χ4n) is 2.64. The van der Waals surface area contributed by atoms with Gasteiger partial charge in [-0.3, -0.25) is 19.1 Å². The Labute approximate surface area is 148 Å². The maximum absolute atomic E-state index is 12.1. The van der Waals surface area contributed by atoms with Gasteiger partial charge in [-0.25, -0.2) is 4.79 Å². The Morgan fingerprint density at radius 1 is 1.36 bits per heavy atom. The van der Waals surface area contributed by atoms with Crippen molar-refractivity contribution in [2.45, 2.75) is 77.6 Å². The molecule has 1 aromatic rings. The van der Waals surface area contributed by atoms with E-state index in [9.17, 15) is 14.4 Å². The molecule has 25 heavy (non-hydrogen) atoms. The van der Waals surface area contributed by atoms with E-state index in [4.69, 9.17) is 9.16 Å². The zero-order valence-corrected chi connectivity index (χ0v) is 17.0. The maximum atomic E-state index is 12.1. The lowest BCUT2D eigenvalue weighted by Crippen LogP contribution is -2.47. The van der Waals surface area contributed by atoms with E-state index in [1.807, 2.05) is 0 Å². The minimum atomic E-state index is -2.10. The largest absolute Gasteiger partial charge is 0.411 e. The summed E-state index contributed by atoms with van der Waals surface area (Å²) in [5.41, 5.74) is -0.552. The summed E-state index contributed by atoms with van der Waals surface area (Å²) in [7, 11) is -2.10. The summed E-state index contributed by atoms with van der Waals surface area (Å²) in [4.78, 5) is 38.0. The standard InChI is InChI=1S/C17H28N2O5Si/c1-10-9-19(16(22)18-15(10)21)13-8-12(14(23-13)11(2)20)24-25(6,7)17(3,4)5/h9,12-14H,8H2,1-7H3,(H,18,21,22)/t12?,13-,14?/m1/s1. The first kappa shape index (κ1) is 19.8. The van der Waals surface area contributed by atoms with E-state index in [2.05, 4.69) is 38.8 Å². The van der Waals surface area contributed by atoms with E-state index in [1.165, 1.54) is 17.7 Å². The number of carbonyl (C=O) groups is 1. The van der Waals surface area contributed by atoms with E-state index in [1.54, 1.807) is 6.92 Å². The predicted octanol–water partition coefficient (Wildman–Crippen LogP) is 2.11. The number of carbonyl (C=O) groups excluding carboxylic acids is 1. The van der Waals surface area contributed by atoms with Gasteiger partial charge in [-0.05, 0) is 32.0 Å². The van der Waals surface area contributed by atoms with Crippen LogP contribution in [-0.4, -0.2) is 35.9 Å². The molecule has 0 saturated carbocycles. The van der Waals surface area contributed by atoms with Crippen LogP contribution in [0.25, 0.3) is 0 Å². The maximum Gasteiger partial charge on any atom is 0.330 e. The quantitative estimate of drug-likeness (QED) is 0.822. The number of hydrogen-bond acceptors (Lipinski definition) is 5. The molecule has 0 amide bonds. The molecule has 1 aliphatic heterocycles. The molecule has 1 aliphatic rings. The van der Waals surface area contributed by atoms with Crippen molar-refractivity contribution in [1.82, 2.24) is 9.55 Å². The number of nitrogens with one attached hydrogen (secondary N) is 1. The predicted molar refractivity (Wildman–Crippen MR) is 97.3 cm³/mol. The second-order valence-corrected chi connectivity index (χ2v) is 13.0. The number of Topliss-reactive ketones (excluding diaryl/α,β-unsaturated/α-hetero) is 1. The summed E-state index contributed by atoms with van der Waals surface area (Å²) in [6, 6.07) is 0. The topological polar surface area (TPSA) is 90.4 Å². The van der Waals surface area contributed by atoms with Crippen LogP contribution in [0.3, 0.4) is 0 Å². The Hall–Kier alpha value is -1.51. The number of aromatic amines is 1. The molecule has 0 aromatic carbocycles. The van der Waals surface area contributed by atoms with Crippen molar-refractivity contribution < 1.29 is 14.0 Å². The average Bonchev–Trinajstić information content (AvgIpc) is 2.84. The number of nitrogens with zero attached hydrogens (tertiary/aromatic N) is 1. The fraction of sp³-hybridized carbons (Fsp3) is 0.706. The van der Waals surface area contributed by atoms with Gasteiger partial charge in [0.2, 0.25) is 0 Å². The molecule has 2 unspecified atom stereocenters. The van der Waals surface area contributed by atoms with Crippen LogP contribution < -0.4 is 11.2 Å². The summed E-state index contributed by atoms with van der Waals surface area (Å²) < 4.78 is 13.6. The molecule has 0 bridgehead atoms. The molecule has 1 aromatic heterocycles. The molecule has 140 valence electrons. The van der Waals surface area contributed by atoms with Crippen molar-refractivity contribution in [1.29, 1.82) is 0 Å². The Morgan fingerprint density at radius 3 is 2.48 bits per heavy atom. The number of ketones is 1. The molecule has 1 fully saturated rings. The van der Waals surface area contributed by atoms with Crippen molar-refractivity contribution in [3.8, 4) is 0 Å². The lowest BCUT2D eigenvalue weighted by molar-refractivity contribution is -0.132. The van der Waals surface area contributed by atoms with Gasteiger partial charge in [0.05, 0.1) is 6.10 Å². The van der Waals surface area contributed by atoms with Gasteiger partial charge in [0.15, 0.2) is 14.1 Å². The molecule has 2 heterocycles. The lowest BCUT2D eigenvalue weighted by Gasteiger charge is -2.39. The number of H-pyrrole nitrogens is 1. The second kappa shape index (κ2) is 6.66. The molecule has 0 spiro atoms. The monoisotopic (exact) mass is 368 g/mol. The minimum Gasteiger partial charge on any atom is -0.411 e. The summed E-state index contributed by atoms with van der Waals surface area (Å²) in [5.74, 6) is -0.125. The Balaban J connectivity index is 2.32. The summed E-state index contributed by atoms with van der Waals surface area (Å²) >= 11 is 0. The highest BCUT2D eigenvalue weighted by Gasteiger charge is 2.46. The van der Waals surface area contributed by atoms with Crippen LogP contribution >= 0.6 is 0 Å². The van der Waals surface area contributed by atoms with Crippen LogP contribution in [0.15, 0.2) is 15.8 Å². The third-order valence-corrected chi connectivity index (χ3v) is 9.69. The highest BCUT2D eigenvalue weighted by molar-refractivity contribution is 6.74. The fourth-order valence-corrected chi connectivity index (χ4v) is 3.97. The van der Waals surface area contributed by atoms with Gasteiger partial charge >= 0.3 is 5.69 Å². The van der Waals surface area contributed by atoms with Crippen molar-refractivity contribution in [3.05, 3.63) is 32.6 Å². The van der Waals surface area contributed by atoms with Gasteiger partial charge in [-0.2, -0.15) is 0 Å². The van der Waals surface area contributed by atoms with E-state index in [-0.39, 0.29) is 10.8 Å². The van der Waals surface area contributed by atoms with Gasteiger partial charge < -0.3 is 9.16 Å². The van der Waals surface area contributed by atoms with Crippen molar-refractivity contribution in [2.24, 2.45) is 0 Å². The zero-order valence-electron chi connectivity index (χ0n) is 16.0. The molecular weight excluding hydrogens is 340 g/mol. The highest BCUT2D eigenvalue weighted by Crippen LogP contribution is 2.41. The number of hydrogen-bond donors (Lipinski definition) is 1. The molecule has 1 N–H and O–H groups in total. The van der Waals surface area contributed by atoms with E-state index < -0.39 is 38.0 Å². The van der Waals surface area contributed by atoms with Crippen LogP contribution in [0.1, 0.15) is 45.9 Å². The minimum absolute atomic E-state index is 0.00215. The summed E-state index contributed by atoms with van der Waals surface area (Å²) in [5, 5.41) is -0.00215.